The Morgan fingerprint density at radius 2 is 1.83 bits per heavy atom. The molecule has 0 aliphatic rings. The molecule has 0 bridgehead atoms. The van der Waals surface area contributed by atoms with E-state index in [0.717, 1.165) is 24.4 Å². The minimum absolute atomic E-state index is 0.886. The third-order valence-electron chi connectivity index (χ3n) is 4.63. The van der Waals surface area contributed by atoms with Crippen LogP contribution in [0.15, 0.2) is 60.8 Å². The number of benzene rings is 2. The van der Waals surface area contributed by atoms with Gasteiger partial charge in [-0.3, -0.25) is 4.98 Å². The Kier molecular flexibility index (Phi) is 3.69. The Balaban J connectivity index is 1.89. The minimum Gasteiger partial charge on any atom is -0.497 e. The Morgan fingerprint density at radius 1 is 1.00 bits per heavy atom. The third-order valence-corrected chi connectivity index (χ3v) is 4.63. The molecule has 0 fully saturated rings. The van der Waals surface area contributed by atoms with E-state index in [1.807, 2.05) is 12.3 Å². The highest BCUT2D eigenvalue weighted by Crippen LogP contribution is 2.32. The van der Waals surface area contributed by atoms with Crippen LogP contribution >= 0.6 is 0 Å². The molecule has 4 rings (SSSR count). The lowest BCUT2D eigenvalue weighted by Gasteiger charge is -2.09. The van der Waals surface area contributed by atoms with Crippen LogP contribution < -0.4 is 4.74 Å². The molecule has 2 aromatic heterocycles. The molecule has 0 spiro atoms. The van der Waals surface area contributed by atoms with Crippen molar-refractivity contribution in [3.8, 4) is 5.75 Å². The Bertz CT molecular complexity index is 1000. The molecule has 120 valence electrons. The number of hydrogen-bond acceptors (Lipinski definition) is 2. The molecule has 0 N–H and O–H groups in total. The number of rotatable bonds is 4. The van der Waals surface area contributed by atoms with E-state index in [-0.39, 0.29) is 0 Å². The predicted octanol–water partition coefficient (Wildman–Crippen LogP) is 4.75. The zero-order chi connectivity index (χ0) is 16.5. The monoisotopic (exact) mass is 316 g/mol. The van der Waals surface area contributed by atoms with Gasteiger partial charge in [-0.2, -0.15) is 0 Å². The van der Waals surface area contributed by atoms with Gasteiger partial charge in [0.15, 0.2) is 0 Å². The maximum atomic E-state index is 5.44. The van der Waals surface area contributed by atoms with Gasteiger partial charge in [-0.05, 0) is 37.1 Å². The summed E-state index contributed by atoms with van der Waals surface area (Å²) in [7, 11) is 1.71. The second-order valence-electron chi connectivity index (χ2n) is 6.06. The summed E-state index contributed by atoms with van der Waals surface area (Å²) in [5.74, 6) is 0.886. The summed E-state index contributed by atoms with van der Waals surface area (Å²) >= 11 is 0. The zero-order valence-electron chi connectivity index (χ0n) is 14.0. The molecule has 0 aliphatic heterocycles. The first kappa shape index (κ1) is 14.8. The number of methoxy groups -OCH3 is 1. The van der Waals surface area contributed by atoms with Gasteiger partial charge in [0.05, 0.1) is 23.8 Å². The molecular formula is C21H20N2O. The zero-order valence-corrected chi connectivity index (χ0v) is 14.0. The van der Waals surface area contributed by atoms with Crippen molar-refractivity contribution in [3.63, 3.8) is 0 Å². The van der Waals surface area contributed by atoms with Crippen LogP contribution in [0.4, 0.5) is 0 Å². The van der Waals surface area contributed by atoms with E-state index in [4.69, 9.17) is 4.74 Å². The van der Waals surface area contributed by atoms with Crippen LogP contribution in [0.2, 0.25) is 0 Å². The van der Waals surface area contributed by atoms with Gasteiger partial charge in [-0.15, -0.1) is 0 Å². The molecule has 24 heavy (non-hydrogen) atoms. The maximum Gasteiger partial charge on any atom is 0.120 e. The molecule has 3 nitrogen and oxygen atoms in total. The third kappa shape index (κ3) is 2.42. The van der Waals surface area contributed by atoms with Crippen molar-refractivity contribution in [3.05, 3.63) is 72.1 Å². The second kappa shape index (κ2) is 6.00. The standard InChI is InChI=1S/C21H20N2O/c1-15-21-19(10-12-22-15)18-9-8-17(24-2)14-20(18)23(21)13-11-16-6-4-3-5-7-16/h3-10,12,14H,11,13H2,1-2H3. The summed E-state index contributed by atoms with van der Waals surface area (Å²) in [6.45, 7) is 3.00. The van der Waals surface area contributed by atoms with Crippen LogP contribution in [0, 0.1) is 6.92 Å². The number of ether oxygens (including phenoxy) is 1. The normalized spacial score (nSPS) is 11.2. The van der Waals surface area contributed by atoms with Crippen molar-refractivity contribution in [2.24, 2.45) is 0 Å². The lowest BCUT2D eigenvalue weighted by atomic mass is 10.1. The number of hydrogen-bond donors (Lipinski definition) is 0. The lowest BCUT2D eigenvalue weighted by molar-refractivity contribution is 0.415. The van der Waals surface area contributed by atoms with E-state index in [1.165, 1.54) is 27.4 Å². The summed E-state index contributed by atoms with van der Waals surface area (Å²) in [6, 6.07) is 19.0. The van der Waals surface area contributed by atoms with Gasteiger partial charge in [-0.25, -0.2) is 0 Å². The number of nitrogens with zero attached hydrogens (tertiary/aromatic N) is 2. The molecule has 0 saturated carbocycles. The fraction of sp³-hybridized carbons (Fsp3) is 0.190. The van der Waals surface area contributed by atoms with E-state index < -0.39 is 0 Å². The van der Waals surface area contributed by atoms with E-state index in [2.05, 4.69) is 65.0 Å². The van der Waals surface area contributed by atoms with Gasteiger partial charge < -0.3 is 9.30 Å². The van der Waals surface area contributed by atoms with Gasteiger partial charge in [-0.1, -0.05) is 30.3 Å². The largest absolute Gasteiger partial charge is 0.497 e. The van der Waals surface area contributed by atoms with Crippen LogP contribution in [-0.4, -0.2) is 16.7 Å². The molecule has 0 radical (unpaired) electrons. The average molecular weight is 316 g/mol. The van der Waals surface area contributed by atoms with Crippen LogP contribution in [0.3, 0.4) is 0 Å². The van der Waals surface area contributed by atoms with Crippen LogP contribution in [0.5, 0.6) is 5.75 Å². The first-order chi connectivity index (χ1) is 11.8. The van der Waals surface area contributed by atoms with Crippen molar-refractivity contribution >= 4 is 21.8 Å². The van der Waals surface area contributed by atoms with Gasteiger partial charge in [0, 0.05) is 29.6 Å². The summed E-state index contributed by atoms with van der Waals surface area (Å²) in [6.07, 6.45) is 2.88. The highest BCUT2D eigenvalue weighted by Gasteiger charge is 2.13. The van der Waals surface area contributed by atoms with Gasteiger partial charge in [0.1, 0.15) is 5.75 Å². The van der Waals surface area contributed by atoms with Crippen molar-refractivity contribution in [2.45, 2.75) is 19.9 Å². The maximum absolute atomic E-state index is 5.44. The summed E-state index contributed by atoms with van der Waals surface area (Å²) < 4.78 is 7.81. The molecule has 4 aromatic rings. The highest BCUT2D eigenvalue weighted by molar-refractivity contribution is 6.09. The molecule has 2 heterocycles. The van der Waals surface area contributed by atoms with Crippen molar-refractivity contribution in [2.75, 3.05) is 7.11 Å². The summed E-state index contributed by atoms with van der Waals surface area (Å²) in [5.41, 5.74) is 4.83. The first-order valence-corrected chi connectivity index (χ1v) is 8.23. The average Bonchev–Trinajstić information content (AvgIpc) is 2.95. The second-order valence-corrected chi connectivity index (χ2v) is 6.06. The Morgan fingerprint density at radius 3 is 2.62 bits per heavy atom. The van der Waals surface area contributed by atoms with Crippen LogP contribution in [0.25, 0.3) is 21.8 Å². The van der Waals surface area contributed by atoms with E-state index in [0.29, 0.717) is 0 Å². The fourth-order valence-electron chi connectivity index (χ4n) is 3.44. The van der Waals surface area contributed by atoms with Gasteiger partial charge in [0.25, 0.3) is 0 Å². The number of aromatic nitrogens is 2. The minimum atomic E-state index is 0.886. The molecule has 0 atom stereocenters. The molecule has 0 aliphatic carbocycles. The molecule has 0 amide bonds. The smallest absolute Gasteiger partial charge is 0.120 e. The van der Waals surface area contributed by atoms with Gasteiger partial charge >= 0.3 is 0 Å². The van der Waals surface area contributed by atoms with E-state index in [1.54, 1.807) is 7.11 Å². The predicted molar refractivity (Wildman–Crippen MR) is 98.7 cm³/mol. The van der Waals surface area contributed by atoms with E-state index >= 15 is 0 Å². The Labute approximate surface area is 141 Å². The van der Waals surface area contributed by atoms with Crippen molar-refractivity contribution < 1.29 is 4.74 Å². The summed E-state index contributed by atoms with van der Waals surface area (Å²) in [5, 5.41) is 2.51. The molecule has 2 aromatic carbocycles. The molecule has 0 saturated heterocycles. The van der Waals surface area contributed by atoms with Crippen molar-refractivity contribution in [1.29, 1.82) is 0 Å². The number of pyridine rings is 1. The first-order valence-electron chi connectivity index (χ1n) is 8.23. The Hall–Kier alpha value is -2.81. The van der Waals surface area contributed by atoms with Crippen LogP contribution in [-0.2, 0) is 13.0 Å². The molecule has 0 unspecified atom stereocenters. The van der Waals surface area contributed by atoms with E-state index in [9.17, 15) is 0 Å². The molecule has 3 heteroatoms. The number of aryl methyl sites for hydroxylation is 3. The SMILES string of the molecule is COc1ccc2c3ccnc(C)c3n(CCc3ccccc3)c2c1. The quantitative estimate of drug-likeness (QED) is 0.543. The van der Waals surface area contributed by atoms with Crippen molar-refractivity contribution in [1.82, 2.24) is 9.55 Å². The lowest BCUT2D eigenvalue weighted by Crippen LogP contribution is -2.02. The number of fused-ring (bicyclic) bond motifs is 3. The topological polar surface area (TPSA) is 27.1 Å². The molecular weight excluding hydrogens is 296 g/mol. The van der Waals surface area contributed by atoms with Gasteiger partial charge in [0.2, 0.25) is 0 Å². The fourth-order valence-corrected chi connectivity index (χ4v) is 3.44. The highest BCUT2D eigenvalue weighted by atomic mass is 16.5. The van der Waals surface area contributed by atoms with Crippen LogP contribution in [0.1, 0.15) is 11.3 Å². The summed E-state index contributed by atoms with van der Waals surface area (Å²) in [4.78, 5) is 4.51.